The molecule has 3 aromatic rings. The maximum Gasteiger partial charge on any atom is 0.418 e. The number of fused-ring (bicyclic) bond motifs is 4. The number of para-hydroxylation sites is 1. The summed E-state index contributed by atoms with van der Waals surface area (Å²) < 4.78 is 40.6. The summed E-state index contributed by atoms with van der Waals surface area (Å²) in [5.74, 6) is -0.532. The zero-order chi connectivity index (χ0) is 15.6. The Bertz CT molecular complexity index is 1010. The minimum absolute atomic E-state index is 0.123. The molecule has 0 amide bonds. The number of aromatic nitrogens is 2. The first-order valence-electron chi connectivity index (χ1n) is 6.38. The fourth-order valence-electron chi connectivity index (χ4n) is 2.83. The van der Waals surface area contributed by atoms with Crippen LogP contribution in [-0.2, 0) is 6.18 Å². The number of hydrogen-bond acceptors (Lipinski definition) is 2. The van der Waals surface area contributed by atoms with Crippen molar-refractivity contribution in [3.63, 3.8) is 0 Å². The van der Waals surface area contributed by atoms with Crippen LogP contribution in [0.25, 0.3) is 22.3 Å². The summed E-state index contributed by atoms with van der Waals surface area (Å²) in [4.78, 5) is 27.3. The van der Waals surface area contributed by atoms with Gasteiger partial charge in [-0.2, -0.15) is 13.2 Å². The van der Waals surface area contributed by atoms with Crippen molar-refractivity contribution in [2.75, 3.05) is 0 Å². The molecular weight excluding hydrogens is 297 g/mol. The molecule has 0 fully saturated rings. The number of nitrogens with zero attached hydrogens (tertiary/aromatic N) is 1. The van der Waals surface area contributed by atoms with E-state index in [4.69, 9.17) is 0 Å². The quantitative estimate of drug-likeness (QED) is 0.543. The van der Waals surface area contributed by atoms with E-state index in [1.165, 1.54) is 16.8 Å². The van der Waals surface area contributed by atoms with E-state index in [1.54, 1.807) is 12.1 Å². The van der Waals surface area contributed by atoms with Gasteiger partial charge in [0.25, 0.3) is 5.91 Å². The molecule has 0 unspecified atom stereocenters. The molecule has 2 aromatic heterocycles. The number of rotatable bonds is 0. The molecule has 1 N–H and O–H groups in total. The van der Waals surface area contributed by atoms with E-state index in [0.29, 0.717) is 5.69 Å². The van der Waals surface area contributed by atoms with Gasteiger partial charge in [0.05, 0.1) is 22.5 Å². The SMILES string of the molecule is O=C1c2c([nH]c3c(C(F)(F)F)cccc3c2=O)-c2cccn21. The van der Waals surface area contributed by atoms with E-state index < -0.39 is 23.1 Å². The summed E-state index contributed by atoms with van der Waals surface area (Å²) in [5, 5.41) is -0.146. The van der Waals surface area contributed by atoms with Crippen molar-refractivity contribution in [3.8, 4) is 11.4 Å². The van der Waals surface area contributed by atoms with Crippen LogP contribution in [0.3, 0.4) is 0 Å². The van der Waals surface area contributed by atoms with Crippen LogP contribution in [0.1, 0.15) is 15.9 Å². The highest BCUT2D eigenvalue weighted by Gasteiger charge is 2.36. The predicted molar refractivity (Wildman–Crippen MR) is 72.7 cm³/mol. The first-order chi connectivity index (χ1) is 10.4. The number of carbonyl (C=O) groups excluding carboxylic acids is 1. The van der Waals surface area contributed by atoms with Crippen molar-refractivity contribution in [3.05, 3.63) is 57.9 Å². The minimum Gasteiger partial charge on any atom is -0.352 e. The van der Waals surface area contributed by atoms with Crippen molar-refractivity contribution >= 4 is 16.8 Å². The Hall–Kier alpha value is -2.83. The van der Waals surface area contributed by atoms with Gasteiger partial charge in [-0.15, -0.1) is 0 Å². The Morgan fingerprint density at radius 1 is 1.05 bits per heavy atom. The lowest BCUT2D eigenvalue weighted by atomic mass is 10.0. The van der Waals surface area contributed by atoms with E-state index in [1.807, 2.05) is 0 Å². The van der Waals surface area contributed by atoms with Gasteiger partial charge in [-0.1, -0.05) is 6.07 Å². The zero-order valence-corrected chi connectivity index (χ0v) is 10.9. The fourth-order valence-corrected chi connectivity index (χ4v) is 2.83. The second kappa shape index (κ2) is 3.88. The molecule has 22 heavy (non-hydrogen) atoms. The zero-order valence-electron chi connectivity index (χ0n) is 10.9. The highest BCUT2D eigenvalue weighted by molar-refractivity contribution is 6.10. The number of benzene rings is 1. The van der Waals surface area contributed by atoms with Gasteiger partial charge in [-0.3, -0.25) is 14.2 Å². The number of carbonyl (C=O) groups is 1. The molecule has 1 aliphatic rings. The Morgan fingerprint density at radius 3 is 2.55 bits per heavy atom. The lowest BCUT2D eigenvalue weighted by molar-refractivity contribution is -0.136. The Balaban J connectivity index is 2.19. The largest absolute Gasteiger partial charge is 0.418 e. The first kappa shape index (κ1) is 12.9. The molecule has 4 rings (SSSR count). The standard InChI is InChI=1S/C15H7F3N2O2/c16-15(17,18)8-4-1-3-7-11(8)19-12-9-5-2-6-20(9)14(22)10(12)13(7)21/h1-6H,(H,19,21). The summed E-state index contributed by atoms with van der Waals surface area (Å²) in [5.41, 5.74) is -1.53. The van der Waals surface area contributed by atoms with Crippen molar-refractivity contribution in [2.45, 2.75) is 6.18 Å². The van der Waals surface area contributed by atoms with E-state index >= 15 is 0 Å². The Morgan fingerprint density at radius 2 is 1.82 bits per heavy atom. The van der Waals surface area contributed by atoms with Crippen LogP contribution >= 0.6 is 0 Å². The number of nitrogens with one attached hydrogen (secondary N) is 1. The average Bonchev–Trinajstić information content (AvgIpc) is 3.02. The van der Waals surface area contributed by atoms with Crippen LogP contribution in [0.2, 0.25) is 0 Å². The summed E-state index contributed by atoms with van der Waals surface area (Å²) >= 11 is 0. The third-order valence-corrected chi connectivity index (χ3v) is 3.78. The summed E-state index contributed by atoms with van der Waals surface area (Å²) in [7, 11) is 0. The third kappa shape index (κ3) is 1.47. The molecule has 110 valence electrons. The van der Waals surface area contributed by atoms with E-state index in [2.05, 4.69) is 4.98 Å². The molecule has 0 aliphatic carbocycles. The summed E-state index contributed by atoms with van der Waals surface area (Å²) in [6, 6.07) is 6.51. The van der Waals surface area contributed by atoms with Crippen molar-refractivity contribution < 1.29 is 18.0 Å². The topological polar surface area (TPSA) is 54.9 Å². The van der Waals surface area contributed by atoms with Crippen LogP contribution in [0.5, 0.6) is 0 Å². The molecule has 0 radical (unpaired) electrons. The van der Waals surface area contributed by atoms with Crippen molar-refractivity contribution in [1.29, 1.82) is 0 Å². The van der Waals surface area contributed by atoms with E-state index in [0.717, 1.165) is 12.1 Å². The van der Waals surface area contributed by atoms with E-state index in [-0.39, 0.29) is 22.2 Å². The van der Waals surface area contributed by atoms with Gasteiger partial charge in [-0.25, -0.2) is 0 Å². The molecule has 7 heteroatoms. The maximum absolute atomic E-state index is 13.1. The number of H-pyrrole nitrogens is 1. The Kier molecular flexibility index (Phi) is 2.27. The predicted octanol–water partition coefficient (Wildman–Crippen LogP) is 3.02. The number of hydrogen-bond donors (Lipinski definition) is 1. The minimum atomic E-state index is -4.60. The highest BCUT2D eigenvalue weighted by Crippen LogP contribution is 2.36. The lowest BCUT2D eigenvalue weighted by Gasteiger charge is -2.11. The molecule has 0 atom stereocenters. The number of pyridine rings is 1. The molecule has 0 spiro atoms. The van der Waals surface area contributed by atoms with Crippen LogP contribution in [0.15, 0.2) is 41.3 Å². The molecular formula is C15H7F3N2O2. The molecule has 0 saturated carbocycles. The maximum atomic E-state index is 13.1. The lowest BCUT2D eigenvalue weighted by Crippen LogP contribution is -2.18. The van der Waals surface area contributed by atoms with Gasteiger partial charge < -0.3 is 4.98 Å². The van der Waals surface area contributed by atoms with Crippen molar-refractivity contribution in [1.82, 2.24) is 9.55 Å². The smallest absolute Gasteiger partial charge is 0.352 e. The van der Waals surface area contributed by atoms with Crippen LogP contribution in [0.4, 0.5) is 13.2 Å². The fraction of sp³-hybridized carbons (Fsp3) is 0.0667. The van der Waals surface area contributed by atoms with Crippen LogP contribution < -0.4 is 5.43 Å². The van der Waals surface area contributed by atoms with Gasteiger partial charge in [-0.05, 0) is 24.3 Å². The Labute approximate surface area is 120 Å². The number of halogens is 3. The molecule has 4 nitrogen and oxygen atoms in total. The van der Waals surface area contributed by atoms with Crippen molar-refractivity contribution in [2.24, 2.45) is 0 Å². The summed E-state index contributed by atoms with van der Waals surface area (Å²) in [6.07, 6.45) is -3.12. The molecule has 3 heterocycles. The van der Waals surface area contributed by atoms with Crippen LogP contribution in [0, 0.1) is 0 Å². The molecule has 1 aromatic carbocycles. The number of aromatic amines is 1. The average molecular weight is 304 g/mol. The summed E-state index contributed by atoms with van der Waals surface area (Å²) in [6.45, 7) is 0. The van der Waals surface area contributed by atoms with Gasteiger partial charge in [0.1, 0.15) is 5.56 Å². The second-order valence-electron chi connectivity index (χ2n) is 5.00. The molecule has 0 saturated heterocycles. The monoisotopic (exact) mass is 304 g/mol. The second-order valence-corrected chi connectivity index (χ2v) is 5.00. The van der Waals surface area contributed by atoms with Gasteiger partial charge in [0.2, 0.25) is 5.43 Å². The first-order valence-corrected chi connectivity index (χ1v) is 6.38. The number of alkyl halides is 3. The third-order valence-electron chi connectivity index (χ3n) is 3.78. The molecule has 0 bridgehead atoms. The highest BCUT2D eigenvalue weighted by atomic mass is 19.4. The van der Waals surface area contributed by atoms with Gasteiger partial charge in [0.15, 0.2) is 0 Å². The van der Waals surface area contributed by atoms with E-state index in [9.17, 15) is 22.8 Å². The molecule has 1 aliphatic heterocycles. The van der Waals surface area contributed by atoms with Gasteiger partial charge >= 0.3 is 6.18 Å². The van der Waals surface area contributed by atoms with Crippen LogP contribution in [-0.4, -0.2) is 15.5 Å². The normalized spacial score (nSPS) is 13.5. The van der Waals surface area contributed by atoms with Gasteiger partial charge in [0, 0.05) is 11.6 Å².